The van der Waals surface area contributed by atoms with Crippen LogP contribution in [0.15, 0.2) is 6.20 Å². The fourth-order valence-electron chi connectivity index (χ4n) is 3.64. The first kappa shape index (κ1) is 24.1. The van der Waals surface area contributed by atoms with Crippen molar-refractivity contribution in [2.24, 2.45) is 0 Å². The number of carbonyl (C=O) groups is 2. The lowest BCUT2D eigenvalue weighted by molar-refractivity contribution is 0.0601. The molecule has 0 radical (unpaired) electrons. The normalized spacial score (nSPS) is 14.3. The van der Waals surface area contributed by atoms with Gasteiger partial charge in [0.1, 0.15) is 9.88 Å². The molecule has 0 unspecified atom stereocenters. The summed E-state index contributed by atoms with van der Waals surface area (Å²) >= 11 is 6.76. The zero-order chi connectivity index (χ0) is 23.4. The van der Waals surface area contributed by atoms with Crippen molar-refractivity contribution in [3.8, 4) is 0 Å². The van der Waals surface area contributed by atoms with E-state index in [1.165, 1.54) is 19.8 Å². The molecule has 0 aromatic carbocycles. The Morgan fingerprint density at radius 1 is 1.16 bits per heavy atom. The first-order valence-corrected chi connectivity index (χ1v) is 11.6. The molecule has 1 saturated heterocycles. The van der Waals surface area contributed by atoms with Gasteiger partial charge in [-0.15, -0.1) is 11.3 Å². The third-order valence-electron chi connectivity index (χ3n) is 5.55. The molecule has 0 saturated carbocycles. The fourth-order valence-corrected chi connectivity index (χ4v) is 5.10. The summed E-state index contributed by atoms with van der Waals surface area (Å²) in [7, 11) is 2.62. The monoisotopic (exact) mass is 479 g/mol. The maximum atomic E-state index is 12.3. The predicted octanol–water partition coefficient (Wildman–Crippen LogP) is 2.67. The second-order valence-corrected chi connectivity index (χ2v) is 8.94. The summed E-state index contributed by atoms with van der Waals surface area (Å²) in [4.78, 5) is 29.2. The Morgan fingerprint density at radius 3 is 2.38 bits per heavy atom. The highest BCUT2D eigenvalue weighted by Crippen LogP contribution is 2.34. The smallest absolute Gasteiger partial charge is 0.348 e. The second kappa shape index (κ2) is 10.4. The minimum atomic E-state index is -0.521. The van der Waals surface area contributed by atoms with Gasteiger partial charge in [-0.3, -0.25) is 9.58 Å². The van der Waals surface area contributed by atoms with Crippen LogP contribution in [-0.2, 0) is 22.6 Å². The van der Waals surface area contributed by atoms with Gasteiger partial charge in [-0.2, -0.15) is 5.10 Å². The molecule has 9 nitrogen and oxygen atoms in total. The topological polar surface area (TPSA) is 88.9 Å². The second-order valence-electron chi connectivity index (χ2n) is 7.53. The van der Waals surface area contributed by atoms with Crippen molar-refractivity contribution in [2.75, 3.05) is 45.7 Å². The van der Waals surface area contributed by atoms with Crippen LogP contribution in [0.1, 0.15) is 43.8 Å². The van der Waals surface area contributed by atoms with E-state index in [2.05, 4.69) is 33.3 Å². The molecular formula is C21H29N5O4S2. The molecule has 1 fully saturated rings. The summed E-state index contributed by atoms with van der Waals surface area (Å²) in [5.74, 6) is -1.01. The minimum absolute atomic E-state index is 0.308. The van der Waals surface area contributed by atoms with Gasteiger partial charge in [0.15, 0.2) is 5.11 Å². The number of anilines is 1. The van der Waals surface area contributed by atoms with Gasteiger partial charge >= 0.3 is 11.9 Å². The van der Waals surface area contributed by atoms with Gasteiger partial charge in [-0.1, -0.05) is 0 Å². The first-order valence-electron chi connectivity index (χ1n) is 10.4. The van der Waals surface area contributed by atoms with E-state index in [4.69, 9.17) is 21.7 Å². The lowest BCUT2D eigenvalue weighted by Crippen LogP contribution is -2.49. The first-order chi connectivity index (χ1) is 15.3. The standard InChI is InChI=1S/C21H29N5O4S2/c1-6-26-12-15(14(3)23-26)11-24-7-9-25(10-8-24)21(31)22-18-16(19(27)29-4)13(2)17(32-18)20(28)30-5/h12H,6-11H2,1-5H3,(H,22,31). The average Bonchev–Trinajstić information content (AvgIpc) is 3.32. The van der Waals surface area contributed by atoms with Gasteiger partial charge in [0.25, 0.3) is 0 Å². The van der Waals surface area contributed by atoms with Crippen LogP contribution in [0.5, 0.6) is 0 Å². The fraction of sp³-hybridized carbons (Fsp3) is 0.524. The number of esters is 2. The summed E-state index contributed by atoms with van der Waals surface area (Å²) in [6.07, 6.45) is 2.11. The van der Waals surface area contributed by atoms with Crippen molar-refractivity contribution >= 4 is 45.6 Å². The molecule has 0 amide bonds. The molecule has 3 heterocycles. The van der Waals surface area contributed by atoms with E-state index in [0.29, 0.717) is 26.1 Å². The lowest BCUT2D eigenvalue weighted by atomic mass is 10.1. The van der Waals surface area contributed by atoms with Crippen LogP contribution in [0.25, 0.3) is 0 Å². The van der Waals surface area contributed by atoms with Gasteiger partial charge in [-0.05, 0) is 38.6 Å². The Hall–Kier alpha value is -2.50. The molecule has 0 bridgehead atoms. The van der Waals surface area contributed by atoms with Gasteiger partial charge in [0, 0.05) is 51.0 Å². The molecule has 0 aliphatic carbocycles. The lowest BCUT2D eigenvalue weighted by Gasteiger charge is -2.36. The Bertz CT molecular complexity index is 1010. The van der Waals surface area contributed by atoms with Gasteiger partial charge in [0.05, 0.1) is 25.5 Å². The number of aromatic nitrogens is 2. The van der Waals surface area contributed by atoms with Crippen molar-refractivity contribution < 1.29 is 19.1 Å². The van der Waals surface area contributed by atoms with Crippen molar-refractivity contribution in [3.05, 3.63) is 33.5 Å². The molecule has 1 N–H and O–H groups in total. The van der Waals surface area contributed by atoms with Crippen LogP contribution >= 0.6 is 23.6 Å². The highest BCUT2D eigenvalue weighted by Gasteiger charge is 2.28. The van der Waals surface area contributed by atoms with Gasteiger partial charge in [0.2, 0.25) is 0 Å². The summed E-state index contributed by atoms with van der Waals surface area (Å²) in [6.45, 7) is 10.8. The maximum absolute atomic E-state index is 12.3. The molecule has 11 heteroatoms. The van der Waals surface area contributed by atoms with E-state index in [-0.39, 0.29) is 0 Å². The zero-order valence-corrected chi connectivity index (χ0v) is 20.7. The molecule has 32 heavy (non-hydrogen) atoms. The highest BCUT2D eigenvalue weighted by molar-refractivity contribution is 7.80. The summed E-state index contributed by atoms with van der Waals surface area (Å²) < 4.78 is 11.7. The number of carbonyl (C=O) groups excluding carboxylic acids is 2. The highest BCUT2D eigenvalue weighted by atomic mass is 32.1. The number of nitrogens with zero attached hydrogens (tertiary/aromatic N) is 4. The van der Waals surface area contributed by atoms with Gasteiger partial charge < -0.3 is 19.7 Å². The molecule has 3 rings (SSSR count). The SMILES string of the molecule is CCn1cc(CN2CCN(C(=S)Nc3sc(C(=O)OC)c(C)c3C(=O)OC)CC2)c(C)n1. The van der Waals surface area contributed by atoms with E-state index in [1.54, 1.807) is 6.92 Å². The van der Waals surface area contributed by atoms with E-state index in [1.807, 2.05) is 11.6 Å². The molecule has 174 valence electrons. The molecule has 2 aromatic rings. The molecule has 0 atom stereocenters. The largest absolute Gasteiger partial charge is 0.465 e. The third-order valence-corrected chi connectivity index (χ3v) is 7.10. The minimum Gasteiger partial charge on any atom is -0.465 e. The van der Waals surface area contributed by atoms with Crippen LogP contribution in [-0.4, -0.2) is 77.0 Å². The van der Waals surface area contributed by atoms with Crippen LogP contribution < -0.4 is 5.32 Å². The number of thiocarbonyl (C=S) groups is 1. The number of hydrogen-bond donors (Lipinski definition) is 1. The quantitative estimate of drug-likeness (QED) is 0.496. The molecule has 1 aliphatic rings. The number of aryl methyl sites for hydroxylation is 2. The van der Waals surface area contributed by atoms with Crippen LogP contribution in [0, 0.1) is 13.8 Å². The number of nitrogens with one attached hydrogen (secondary N) is 1. The van der Waals surface area contributed by atoms with Gasteiger partial charge in [-0.25, -0.2) is 9.59 Å². The Balaban J connectivity index is 1.65. The molecule has 0 spiro atoms. The zero-order valence-electron chi connectivity index (χ0n) is 19.1. The molecular weight excluding hydrogens is 450 g/mol. The summed E-state index contributed by atoms with van der Waals surface area (Å²) in [5, 5.41) is 8.68. The molecule has 1 aliphatic heterocycles. The van der Waals surface area contributed by atoms with Crippen molar-refractivity contribution in [2.45, 2.75) is 33.9 Å². The van der Waals surface area contributed by atoms with E-state index < -0.39 is 11.9 Å². The number of piperazine rings is 1. The van der Waals surface area contributed by atoms with E-state index in [0.717, 1.165) is 56.3 Å². The molecule has 2 aromatic heterocycles. The number of hydrogen-bond acceptors (Lipinski definition) is 8. The van der Waals surface area contributed by atoms with Crippen molar-refractivity contribution in [1.82, 2.24) is 19.6 Å². The number of methoxy groups -OCH3 is 2. The van der Waals surface area contributed by atoms with E-state index >= 15 is 0 Å². The van der Waals surface area contributed by atoms with Crippen molar-refractivity contribution in [1.29, 1.82) is 0 Å². The summed E-state index contributed by atoms with van der Waals surface area (Å²) in [5.41, 5.74) is 3.14. The Labute approximate surface area is 197 Å². The predicted molar refractivity (Wildman–Crippen MR) is 127 cm³/mol. The number of rotatable bonds is 6. The Kier molecular flexibility index (Phi) is 7.86. The number of thiophene rings is 1. The van der Waals surface area contributed by atoms with Crippen LogP contribution in [0.2, 0.25) is 0 Å². The maximum Gasteiger partial charge on any atom is 0.348 e. The number of ether oxygens (including phenoxy) is 2. The van der Waals surface area contributed by atoms with Crippen molar-refractivity contribution in [3.63, 3.8) is 0 Å². The van der Waals surface area contributed by atoms with Crippen LogP contribution in [0.3, 0.4) is 0 Å². The Morgan fingerprint density at radius 2 is 1.81 bits per heavy atom. The van der Waals surface area contributed by atoms with Crippen LogP contribution in [0.4, 0.5) is 5.00 Å². The third kappa shape index (κ3) is 5.11. The average molecular weight is 480 g/mol. The summed E-state index contributed by atoms with van der Waals surface area (Å²) in [6, 6.07) is 0. The van der Waals surface area contributed by atoms with E-state index in [9.17, 15) is 9.59 Å².